The molecule has 0 N–H and O–H groups in total. The van der Waals surface area contributed by atoms with Gasteiger partial charge in [0.2, 0.25) is 5.95 Å². The number of piperazine rings is 1. The van der Waals surface area contributed by atoms with Crippen molar-refractivity contribution in [2.75, 3.05) is 31.1 Å². The lowest BCUT2D eigenvalue weighted by atomic mass is 10.0. The van der Waals surface area contributed by atoms with Crippen LogP contribution in [-0.4, -0.2) is 53.1 Å². The monoisotopic (exact) mass is 400 g/mol. The quantitative estimate of drug-likeness (QED) is 0.656. The van der Waals surface area contributed by atoms with Crippen LogP contribution in [0.5, 0.6) is 0 Å². The van der Waals surface area contributed by atoms with E-state index in [2.05, 4.69) is 4.98 Å². The van der Waals surface area contributed by atoms with Crippen molar-refractivity contribution in [2.24, 2.45) is 0 Å². The number of aryl methyl sites for hydroxylation is 1. The summed E-state index contributed by atoms with van der Waals surface area (Å²) in [6, 6.07) is 15.6. The minimum atomic E-state index is -4.85. The number of anilines is 1. The second kappa shape index (κ2) is 7.35. The molecule has 0 spiro atoms. The van der Waals surface area contributed by atoms with E-state index in [1.807, 2.05) is 60.4 Å². The van der Waals surface area contributed by atoms with Gasteiger partial charge >= 0.3 is 12.1 Å². The number of hydrogen-bond acceptors (Lipinski definition) is 4. The zero-order chi connectivity index (χ0) is 20.6. The van der Waals surface area contributed by atoms with Gasteiger partial charge in [-0.25, -0.2) is 9.97 Å². The van der Waals surface area contributed by atoms with Crippen LogP contribution in [0.1, 0.15) is 5.56 Å². The summed E-state index contributed by atoms with van der Waals surface area (Å²) in [6.45, 7) is 2.45. The van der Waals surface area contributed by atoms with Gasteiger partial charge in [0.1, 0.15) is 0 Å². The predicted molar refractivity (Wildman–Crippen MR) is 105 cm³/mol. The van der Waals surface area contributed by atoms with Crippen LogP contribution >= 0.6 is 0 Å². The summed E-state index contributed by atoms with van der Waals surface area (Å²) in [5, 5.41) is 0.922. The highest BCUT2D eigenvalue weighted by Gasteiger charge is 2.43. The summed E-state index contributed by atoms with van der Waals surface area (Å²) in [4.78, 5) is 23.5. The molecule has 0 unspecified atom stereocenters. The van der Waals surface area contributed by atoms with Crippen LogP contribution in [-0.2, 0) is 4.79 Å². The smallest absolute Gasteiger partial charge is 0.337 e. The highest BCUT2D eigenvalue weighted by atomic mass is 19.4. The molecule has 1 aliphatic rings. The summed E-state index contributed by atoms with van der Waals surface area (Å²) >= 11 is 0. The van der Waals surface area contributed by atoms with Crippen LogP contribution in [0.2, 0.25) is 0 Å². The van der Waals surface area contributed by atoms with Crippen LogP contribution in [0, 0.1) is 6.92 Å². The molecule has 2 aromatic carbocycles. The topological polar surface area (TPSA) is 49.3 Å². The number of rotatable bonds is 2. The lowest BCUT2D eigenvalue weighted by Gasteiger charge is -2.35. The molecule has 0 bridgehead atoms. The molecular weight excluding hydrogens is 381 g/mol. The summed E-state index contributed by atoms with van der Waals surface area (Å²) in [6.07, 6.45) is -4.85. The molecular formula is C21H19F3N4O. The van der Waals surface area contributed by atoms with Gasteiger partial charge in [-0.3, -0.25) is 4.79 Å². The molecule has 0 atom stereocenters. The van der Waals surface area contributed by atoms with Gasteiger partial charge in [-0.1, -0.05) is 42.0 Å². The van der Waals surface area contributed by atoms with E-state index in [-0.39, 0.29) is 26.2 Å². The fourth-order valence-electron chi connectivity index (χ4n) is 3.48. The lowest BCUT2D eigenvalue weighted by Crippen LogP contribution is -2.52. The molecule has 1 aliphatic heterocycles. The number of nitrogens with zero attached hydrogens (tertiary/aromatic N) is 4. The first-order chi connectivity index (χ1) is 13.8. The molecule has 0 saturated carbocycles. The van der Waals surface area contributed by atoms with Gasteiger partial charge in [-0.2, -0.15) is 13.2 Å². The van der Waals surface area contributed by atoms with E-state index < -0.39 is 12.1 Å². The van der Waals surface area contributed by atoms with Gasteiger partial charge < -0.3 is 9.80 Å². The third-order valence-corrected chi connectivity index (χ3v) is 4.98. The van der Waals surface area contributed by atoms with Crippen LogP contribution in [0.3, 0.4) is 0 Å². The molecule has 4 rings (SSSR count). The Balaban J connectivity index is 1.67. The largest absolute Gasteiger partial charge is 0.471 e. The van der Waals surface area contributed by atoms with E-state index in [9.17, 15) is 18.0 Å². The second-order valence-corrected chi connectivity index (χ2v) is 7.04. The fourth-order valence-corrected chi connectivity index (χ4v) is 3.48. The molecule has 1 saturated heterocycles. The molecule has 150 valence electrons. The average Bonchev–Trinajstić information content (AvgIpc) is 2.72. The molecule has 5 nitrogen and oxygen atoms in total. The standard InChI is InChI=1S/C21H19F3N4O/c1-14-7-8-17-16(13-14)18(15-5-3-2-4-6-15)26-20(25-17)28-11-9-27(10-12-28)19(29)21(22,23)24/h2-8,13H,9-12H2,1H3. The Labute approximate surface area is 165 Å². The third kappa shape index (κ3) is 3.87. The van der Waals surface area contributed by atoms with Crippen LogP contribution in [0.4, 0.5) is 19.1 Å². The average molecular weight is 400 g/mol. The first-order valence-corrected chi connectivity index (χ1v) is 9.28. The highest BCUT2D eigenvalue weighted by Crippen LogP contribution is 2.29. The van der Waals surface area contributed by atoms with Crippen LogP contribution in [0.25, 0.3) is 22.2 Å². The van der Waals surface area contributed by atoms with Crippen LogP contribution in [0.15, 0.2) is 48.5 Å². The Kier molecular flexibility index (Phi) is 4.86. The molecule has 2 heterocycles. The zero-order valence-electron chi connectivity index (χ0n) is 15.8. The van der Waals surface area contributed by atoms with Gasteiger partial charge in [0, 0.05) is 37.1 Å². The number of aromatic nitrogens is 2. The van der Waals surface area contributed by atoms with Gasteiger partial charge in [0.25, 0.3) is 0 Å². The first-order valence-electron chi connectivity index (χ1n) is 9.28. The summed E-state index contributed by atoms with van der Waals surface area (Å²) in [7, 11) is 0. The zero-order valence-corrected chi connectivity index (χ0v) is 15.8. The number of benzene rings is 2. The normalized spacial score (nSPS) is 15.0. The molecule has 1 aromatic heterocycles. The number of halogens is 3. The van der Waals surface area contributed by atoms with Gasteiger partial charge in [0.05, 0.1) is 11.2 Å². The van der Waals surface area contributed by atoms with Crippen molar-refractivity contribution in [1.29, 1.82) is 0 Å². The molecule has 3 aromatic rings. The third-order valence-electron chi connectivity index (χ3n) is 4.98. The van der Waals surface area contributed by atoms with Crippen molar-refractivity contribution in [3.8, 4) is 11.3 Å². The molecule has 1 fully saturated rings. The van der Waals surface area contributed by atoms with Crippen molar-refractivity contribution in [1.82, 2.24) is 14.9 Å². The van der Waals surface area contributed by atoms with E-state index in [4.69, 9.17) is 4.98 Å². The SMILES string of the molecule is Cc1ccc2nc(N3CCN(C(=O)C(F)(F)F)CC3)nc(-c3ccccc3)c2c1. The van der Waals surface area contributed by atoms with Gasteiger partial charge in [-0.05, 0) is 19.1 Å². The predicted octanol–water partition coefficient (Wildman–Crippen LogP) is 3.82. The van der Waals surface area contributed by atoms with Crippen molar-refractivity contribution in [2.45, 2.75) is 13.1 Å². The highest BCUT2D eigenvalue weighted by molar-refractivity contribution is 5.93. The van der Waals surface area contributed by atoms with Gasteiger partial charge in [-0.15, -0.1) is 0 Å². The van der Waals surface area contributed by atoms with Crippen molar-refractivity contribution in [3.63, 3.8) is 0 Å². The maximum atomic E-state index is 12.7. The maximum absolute atomic E-state index is 12.7. The summed E-state index contributed by atoms with van der Waals surface area (Å²) in [5.74, 6) is -1.34. The van der Waals surface area contributed by atoms with E-state index >= 15 is 0 Å². The molecule has 0 aliphatic carbocycles. The minimum Gasteiger partial charge on any atom is -0.337 e. The molecule has 8 heteroatoms. The molecule has 1 amide bonds. The molecule has 29 heavy (non-hydrogen) atoms. The Hall–Kier alpha value is -3.16. The minimum absolute atomic E-state index is 0.0195. The van der Waals surface area contributed by atoms with Crippen LogP contribution < -0.4 is 4.90 Å². The molecule has 0 radical (unpaired) electrons. The number of carbonyl (C=O) groups is 1. The summed E-state index contributed by atoms with van der Waals surface area (Å²) < 4.78 is 38.0. The fraction of sp³-hybridized carbons (Fsp3) is 0.286. The van der Waals surface area contributed by atoms with Crippen molar-refractivity contribution < 1.29 is 18.0 Å². The number of hydrogen-bond donors (Lipinski definition) is 0. The van der Waals surface area contributed by atoms with Gasteiger partial charge in [0.15, 0.2) is 0 Å². The number of amides is 1. The Morgan fingerprint density at radius 2 is 1.66 bits per heavy atom. The van der Waals surface area contributed by atoms with E-state index in [0.717, 1.165) is 32.6 Å². The first kappa shape index (κ1) is 19.2. The lowest BCUT2D eigenvalue weighted by molar-refractivity contribution is -0.185. The van der Waals surface area contributed by atoms with E-state index in [1.165, 1.54) is 0 Å². The Morgan fingerprint density at radius 1 is 0.966 bits per heavy atom. The Bertz CT molecular complexity index is 1040. The second-order valence-electron chi connectivity index (χ2n) is 7.04. The maximum Gasteiger partial charge on any atom is 0.471 e. The number of carbonyl (C=O) groups excluding carboxylic acids is 1. The van der Waals surface area contributed by atoms with E-state index in [0.29, 0.717) is 5.95 Å². The van der Waals surface area contributed by atoms with Crippen molar-refractivity contribution >= 4 is 22.8 Å². The van der Waals surface area contributed by atoms with E-state index in [1.54, 1.807) is 0 Å². The number of alkyl halides is 3. The van der Waals surface area contributed by atoms with Crippen molar-refractivity contribution in [3.05, 3.63) is 54.1 Å². The Morgan fingerprint density at radius 3 is 2.31 bits per heavy atom. The number of fused-ring (bicyclic) bond motifs is 1. The summed E-state index contributed by atoms with van der Waals surface area (Å²) in [5.41, 5.74) is 3.58.